The molecule has 0 radical (unpaired) electrons. The molecule has 0 saturated carbocycles. The summed E-state index contributed by atoms with van der Waals surface area (Å²) < 4.78 is 10.9. The first-order valence-corrected chi connectivity index (χ1v) is 5.49. The van der Waals surface area contributed by atoms with Gasteiger partial charge in [0.15, 0.2) is 0 Å². The zero-order chi connectivity index (χ0) is 11.3. The van der Waals surface area contributed by atoms with E-state index in [-0.39, 0.29) is 6.10 Å². The van der Waals surface area contributed by atoms with Crippen molar-refractivity contribution in [1.29, 1.82) is 0 Å². The van der Waals surface area contributed by atoms with Crippen molar-refractivity contribution in [2.75, 3.05) is 0 Å². The maximum atomic E-state index is 5.51. The lowest BCUT2D eigenvalue weighted by Crippen LogP contribution is -2.22. The van der Waals surface area contributed by atoms with E-state index in [0.717, 1.165) is 12.3 Å². The lowest BCUT2D eigenvalue weighted by molar-refractivity contribution is 0.0538. The van der Waals surface area contributed by atoms with E-state index in [1.54, 1.807) is 6.26 Å². The zero-order valence-corrected chi connectivity index (χ0v) is 10.0. The average molecular weight is 211 g/mol. The average Bonchev–Trinajstić information content (AvgIpc) is 2.58. The van der Waals surface area contributed by atoms with Crippen LogP contribution in [0.4, 0.5) is 0 Å². The highest BCUT2D eigenvalue weighted by Gasteiger charge is 2.07. The molecule has 0 amide bonds. The third-order valence-corrected chi connectivity index (χ3v) is 2.09. The third kappa shape index (κ3) is 4.49. The number of hydrogen-bond donors (Lipinski definition) is 1. The van der Waals surface area contributed by atoms with Gasteiger partial charge in [-0.1, -0.05) is 13.8 Å². The molecule has 0 aliphatic carbocycles. The molecule has 0 aliphatic heterocycles. The van der Waals surface area contributed by atoms with Crippen molar-refractivity contribution in [3.63, 3.8) is 0 Å². The van der Waals surface area contributed by atoms with Crippen molar-refractivity contribution in [3.8, 4) is 0 Å². The minimum absolute atomic E-state index is 0.237. The summed E-state index contributed by atoms with van der Waals surface area (Å²) in [4.78, 5) is 0. The summed E-state index contributed by atoms with van der Waals surface area (Å²) in [7, 11) is 0. The van der Waals surface area contributed by atoms with Gasteiger partial charge >= 0.3 is 0 Å². The summed E-state index contributed by atoms with van der Waals surface area (Å²) in [5, 5.41) is 3.36. The molecule has 3 nitrogen and oxygen atoms in total. The smallest absolute Gasteiger partial charge is 0.133 e. The summed E-state index contributed by atoms with van der Waals surface area (Å²) >= 11 is 0. The Hall–Kier alpha value is -0.800. The van der Waals surface area contributed by atoms with Crippen molar-refractivity contribution in [2.24, 2.45) is 0 Å². The summed E-state index contributed by atoms with van der Waals surface area (Å²) in [5.41, 5.74) is 1.18. The van der Waals surface area contributed by atoms with E-state index < -0.39 is 0 Å². The van der Waals surface area contributed by atoms with E-state index in [1.807, 2.05) is 19.9 Å². The molecule has 0 atom stereocenters. The molecule has 0 saturated heterocycles. The van der Waals surface area contributed by atoms with E-state index in [4.69, 9.17) is 9.15 Å². The minimum atomic E-state index is 0.237. The van der Waals surface area contributed by atoms with Crippen LogP contribution in [-0.2, 0) is 17.9 Å². The number of nitrogens with one attached hydrogen (secondary N) is 1. The van der Waals surface area contributed by atoms with Crippen LogP contribution >= 0.6 is 0 Å². The predicted octanol–water partition coefficient (Wildman–Crippen LogP) is 2.70. The lowest BCUT2D eigenvalue weighted by atomic mass is 10.2. The zero-order valence-electron chi connectivity index (χ0n) is 10.0. The molecule has 1 rings (SSSR count). The highest BCUT2D eigenvalue weighted by atomic mass is 16.5. The summed E-state index contributed by atoms with van der Waals surface area (Å²) in [6.45, 7) is 9.70. The second-order valence-electron chi connectivity index (χ2n) is 4.26. The second kappa shape index (κ2) is 5.93. The van der Waals surface area contributed by atoms with Gasteiger partial charge in [-0.3, -0.25) is 0 Å². The maximum Gasteiger partial charge on any atom is 0.133 e. The quantitative estimate of drug-likeness (QED) is 0.785. The normalized spacial score (nSPS) is 11.6. The van der Waals surface area contributed by atoms with E-state index in [9.17, 15) is 0 Å². The third-order valence-electron chi connectivity index (χ3n) is 2.09. The van der Waals surface area contributed by atoms with E-state index in [0.29, 0.717) is 12.6 Å². The van der Waals surface area contributed by atoms with Crippen molar-refractivity contribution >= 4 is 0 Å². The van der Waals surface area contributed by atoms with E-state index in [1.165, 1.54) is 5.56 Å². The van der Waals surface area contributed by atoms with Gasteiger partial charge in [-0.05, 0) is 19.9 Å². The van der Waals surface area contributed by atoms with Crippen LogP contribution in [0.5, 0.6) is 0 Å². The van der Waals surface area contributed by atoms with Gasteiger partial charge in [0.2, 0.25) is 0 Å². The minimum Gasteiger partial charge on any atom is -0.467 e. The molecule has 0 unspecified atom stereocenters. The first-order valence-electron chi connectivity index (χ1n) is 5.49. The van der Waals surface area contributed by atoms with Gasteiger partial charge in [-0.15, -0.1) is 0 Å². The Kier molecular flexibility index (Phi) is 4.85. The van der Waals surface area contributed by atoms with Crippen LogP contribution in [0.15, 0.2) is 16.7 Å². The molecule has 0 aromatic carbocycles. The highest BCUT2D eigenvalue weighted by Crippen LogP contribution is 2.12. The van der Waals surface area contributed by atoms with Crippen LogP contribution in [0.3, 0.4) is 0 Å². The van der Waals surface area contributed by atoms with Gasteiger partial charge in [0.25, 0.3) is 0 Å². The van der Waals surface area contributed by atoms with Crippen molar-refractivity contribution in [3.05, 3.63) is 23.7 Å². The maximum absolute atomic E-state index is 5.51. The summed E-state index contributed by atoms with van der Waals surface area (Å²) in [6.07, 6.45) is 1.96. The van der Waals surface area contributed by atoms with Crippen LogP contribution < -0.4 is 5.32 Å². The summed E-state index contributed by atoms with van der Waals surface area (Å²) in [6, 6.07) is 2.48. The van der Waals surface area contributed by atoms with Gasteiger partial charge in [0, 0.05) is 18.2 Å². The Balaban J connectivity index is 2.46. The first kappa shape index (κ1) is 12.3. The molecule has 0 aliphatic rings. The molecule has 0 fully saturated rings. The fraction of sp³-hybridized carbons (Fsp3) is 0.667. The molecule has 86 valence electrons. The molecule has 1 aromatic heterocycles. The monoisotopic (exact) mass is 211 g/mol. The van der Waals surface area contributed by atoms with Crippen LogP contribution in [0.25, 0.3) is 0 Å². The van der Waals surface area contributed by atoms with E-state index in [2.05, 4.69) is 19.2 Å². The van der Waals surface area contributed by atoms with Gasteiger partial charge < -0.3 is 14.5 Å². The molecule has 1 heterocycles. The number of ether oxygens (including phenoxy) is 1. The van der Waals surface area contributed by atoms with Crippen molar-refractivity contribution < 1.29 is 9.15 Å². The number of furan rings is 1. The fourth-order valence-electron chi connectivity index (χ4n) is 1.21. The largest absolute Gasteiger partial charge is 0.467 e. The molecule has 3 heteroatoms. The predicted molar refractivity (Wildman–Crippen MR) is 60.6 cm³/mol. The van der Waals surface area contributed by atoms with Crippen LogP contribution in [-0.4, -0.2) is 12.1 Å². The Bertz CT molecular complexity index is 252. The molecule has 0 bridgehead atoms. The molecule has 1 aromatic rings. The number of rotatable bonds is 6. The van der Waals surface area contributed by atoms with Crippen molar-refractivity contribution in [2.45, 2.75) is 53.0 Å². The van der Waals surface area contributed by atoms with Crippen LogP contribution in [0.1, 0.15) is 39.0 Å². The standard InChI is InChI=1S/C12H21NO2/c1-9(2)13-7-11-5-6-14-12(11)8-15-10(3)4/h5-6,9-10,13H,7-8H2,1-4H3. The lowest BCUT2D eigenvalue weighted by Gasteiger charge is -2.09. The topological polar surface area (TPSA) is 34.4 Å². The molecular weight excluding hydrogens is 190 g/mol. The van der Waals surface area contributed by atoms with E-state index >= 15 is 0 Å². The Morgan fingerprint density at radius 1 is 1.33 bits per heavy atom. The van der Waals surface area contributed by atoms with Crippen LogP contribution in [0.2, 0.25) is 0 Å². The molecule has 1 N–H and O–H groups in total. The number of hydrogen-bond acceptors (Lipinski definition) is 3. The van der Waals surface area contributed by atoms with Crippen LogP contribution in [0, 0.1) is 0 Å². The molecule has 15 heavy (non-hydrogen) atoms. The Morgan fingerprint density at radius 2 is 2.07 bits per heavy atom. The SMILES string of the molecule is CC(C)NCc1ccoc1COC(C)C. The Labute approximate surface area is 91.8 Å². The molecular formula is C12H21NO2. The highest BCUT2D eigenvalue weighted by molar-refractivity contribution is 5.16. The fourth-order valence-corrected chi connectivity index (χ4v) is 1.21. The Morgan fingerprint density at radius 3 is 2.67 bits per heavy atom. The van der Waals surface area contributed by atoms with Gasteiger partial charge in [-0.2, -0.15) is 0 Å². The molecule has 0 spiro atoms. The second-order valence-corrected chi connectivity index (χ2v) is 4.26. The first-order chi connectivity index (χ1) is 7.09. The van der Waals surface area contributed by atoms with Gasteiger partial charge in [-0.25, -0.2) is 0 Å². The van der Waals surface area contributed by atoms with Gasteiger partial charge in [0.1, 0.15) is 12.4 Å². The van der Waals surface area contributed by atoms with Crippen molar-refractivity contribution in [1.82, 2.24) is 5.32 Å². The summed E-state index contributed by atoms with van der Waals surface area (Å²) in [5.74, 6) is 0.928. The van der Waals surface area contributed by atoms with Gasteiger partial charge in [0.05, 0.1) is 12.4 Å².